The van der Waals surface area contributed by atoms with Crippen LogP contribution in [0, 0.1) is 12.7 Å². The predicted octanol–water partition coefficient (Wildman–Crippen LogP) is 6.10. The van der Waals surface area contributed by atoms with Crippen molar-refractivity contribution in [2.75, 3.05) is 18.4 Å². The van der Waals surface area contributed by atoms with Gasteiger partial charge < -0.3 is 5.32 Å². The zero-order valence-corrected chi connectivity index (χ0v) is 20.0. The Morgan fingerprint density at radius 3 is 2.73 bits per heavy atom. The van der Waals surface area contributed by atoms with E-state index in [1.165, 1.54) is 22.8 Å². The lowest BCUT2D eigenvalue weighted by Gasteiger charge is -2.30. The Morgan fingerprint density at radius 1 is 1.15 bits per heavy atom. The molecule has 3 aromatic rings. The first-order valence-electron chi connectivity index (χ1n) is 11.6. The standard InChI is InChI=1S/C26H29ClFN5/c1-16(2)32-11-8-18(9-12-32)19-4-6-21-22(14-19)25(10-13-33-26(21)17(3)30-31-33)29-20-5-7-24(28)23(27)15-20/h4-8,14-16,25,29H,9-13H2,1-3H3. The molecule has 0 radical (unpaired) electrons. The third kappa shape index (κ3) is 4.30. The summed E-state index contributed by atoms with van der Waals surface area (Å²) in [7, 11) is 0. The summed E-state index contributed by atoms with van der Waals surface area (Å²) in [6, 6.07) is 12.2. The lowest BCUT2D eigenvalue weighted by Crippen LogP contribution is -2.34. The first-order valence-corrected chi connectivity index (χ1v) is 12.0. The van der Waals surface area contributed by atoms with Crippen molar-refractivity contribution >= 4 is 22.9 Å². The van der Waals surface area contributed by atoms with E-state index < -0.39 is 5.82 Å². The lowest BCUT2D eigenvalue weighted by molar-refractivity contribution is 0.245. The van der Waals surface area contributed by atoms with Crippen LogP contribution >= 0.6 is 11.6 Å². The molecule has 0 bridgehead atoms. The number of rotatable bonds is 4. The summed E-state index contributed by atoms with van der Waals surface area (Å²) < 4.78 is 15.7. The molecule has 5 rings (SSSR count). The molecule has 0 amide bonds. The number of hydrogen-bond acceptors (Lipinski definition) is 4. The molecule has 33 heavy (non-hydrogen) atoms. The highest BCUT2D eigenvalue weighted by Crippen LogP contribution is 2.39. The molecular weight excluding hydrogens is 437 g/mol. The molecule has 1 unspecified atom stereocenters. The second-order valence-electron chi connectivity index (χ2n) is 9.23. The van der Waals surface area contributed by atoms with Crippen LogP contribution in [-0.4, -0.2) is 39.0 Å². The van der Waals surface area contributed by atoms with Gasteiger partial charge in [-0.15, -0.1) is 5.10 Å². The number of hydrogen-bond donors (Lipinski definition) is 1. The van der Waals surface area contributed by atoms with Gasteiger partial charge in [-0.05, 0) is 74.6 Å². The van der Waals surface area contributed by atoms with Crippen LogP contribution < -0.4 is 5.32 Å². The number of halogens is 2. The van der Waals surface area contributed by atoms with Crippen molar-refractivity contribution in [3.05, 3.63) is 70.1 Å². The summed E-state index contributed by atoms with van der Waals surface area (Å²) >= 11 is 6.05. The van der Waals surface area contributed by atoms with Crippen LogP contribution in [0.4, 0.5) is 10.1 Å². The third-order valence-electron chi connectivity index (χ3n) is 6.82. The zero-order chi connectivity index (χ0) is 23.1. The second-order valence-corrected chi connectivity index (χ2v) is 9.64. The molecular formula is C26H29ClFN5. The number of benzene rings is 2. The van der Waals surface area contributed by atoms with Crippen molar-refractivity contribution in [3.8, 4) is 11.3 Å². The number of anilines is 1. The summed E-state index contributed by atoms with van der Waals surface area (Å²) in [6.07, 6.45) is 4.24. The lowest BCUT2D eigenvalue weighted by atomic mass is 9.90. The quantitative estimate of drug-likeness (QED) is 0.505. The van der Waals surface area contributed by atoms with Gasteiger partial charge >= 0.3 is 0 Å². The van der Waals surface area contributed by atoms with E-state index >= 15 is 0 Å². The molecule has 0 fully saturated rings. The fourth-order valence-corrected chi connectivity index (χ4v) is 5.10. The van der Waals surface area contributed by atoms with Crippen LogP contribution in [0.1, 0.15) is 49.6 Å². The normalized spacial score (nSPS) is 18.5. The molecule has 7 heteroatoms. The highest BCUT2D eigenvalue weighted by molar-refractivity contribution is 6.31. The summed E-state index contributed by atoms with van der Waals surface area (Å²) in [5.41, 5.74) is 7.82. The molecule has 0 spiro atoms. The molecule has 0 saturated heterocycles. The van der Waals surface area contributed by atoms with Crippen molar-refractivity contribution in [1.82, 2.24) is 19.9 Å². The molecule has 3 heterocycles. The van der Waals surface area contributed by atoms with E-state index in [0.717, 1.165) is 55.1 Å². The largest absolute Gasteiger partial charge is 0.378 e. The van der Waals surface area contributed by atoms with Gasteiger partial charge in [-0.3, -0.25) is 4.90 Å². The van der Waals surface area contributed by atoms with Gasteiger partial charge in [0, 0.05) is 36.9 Å². The van der Waals surface area contributed by atoms with E-state index in [0.29, 0.717) is 6.04 Å². The van der Waals surface area contributed by atoms with Gasteiger partial charge in [0.1, 0.15) is 5.82 Å². The number of aryl methyl sites for hydroxylation is 2. The molecule has 2 aromatic carbocycles. The van der Waals surface area contributed by atoms with E-state index in [9.17, 15) is 4.39 Å². The minimum Gasteiger partial charge on any atom is -0.378 e. The molecule has 0 aliphatic carbocycles. The van der Waals surface area contributed by atoms with Gasteiger partial charge in [-0.2, -0.15) is 0 Å². The maximum Gasteiger partial charge on any atom is 0.141 e. The highest BCUT2D eigenvalue weighted by Gasteiger charge is 2.26. The summed E-state index contributed by atoms with van der Waals surface area (Å²) in [6.45, 7) is 9.31. The van der Waals surface area contributed by atoms with Crippen molar-refractivity contribution < 1.29 is 4.39 Å². The van der Waals surface area contributed by atoms with Crippen molar-refractivity contribution in [2.24, 2.45) is 0 Å². The van der Waals surface area contributed by atoms with E-state index in [2.05, 4.69) is 58.7 Å². The Kier molecular flexibility index (Phi) is 5.97. The van der Waals surface area contributed by atoms with Gasteiger partial charge in [-0.25, -0.2) is 9.07 Å². The van der Waals surface area contributed by atoms with Gasteiger partial charge in [0.05, 0.1) is 22.5 Å². The van der Waals surface area contributed by atoms with Crippen LogP contribution in [-0.2, 0) is 6.54 Å². The maximum atomic E-state index is 13.7. The highest BCUT2D eigenvalue weighted by atomic mass is 35.5. The molecule has 0 saturated carbocycles. The molecule has 2 aliphatic heterocycles. The Bertz CT molecular complexity index is 1220. The van der Waals surface area contributed by atoms with Crippen LogP contribution in [0.25, 0.3) is 16.8 Å². The van der Waals surface area contributed by atoms with Crippen molar-refractivity contribution in [1.29, 1.82) is 0 Å². The van der Waals surface area contributed by atoms with Gasteiger partial charge in [0.2, 0.25) is 0 Å². The monoisotopic (exact) mass is 465 g/mol. The average Bonchev–Trinajstić information content (AvgIpc) is 3.10. The van der Waals surface area contributed by atoms with Crippen LogP contribution in [0.5, 0.6) is 0 Å². The molecule has 1 atom stereocenters. The topological polar surface area (TPSA) is 46.0 Å². The van der Waals surface area contributed by atoms with Gasteiger partial charge in [0.25, 0.3) is 0 Å². The Morgan fingerprint density at radius 2 is 2.00 bits per heavy atom. The second kappa shape index (κ2) is 8.92. The Balaban J connectivity index is 1.54. The predicted molar refractivity (Wildman–Crippen MR) is 132 cm³/mol. The number of aromatic nitrogens is 3. The summed E-state index contributed by atoms with van der Waals surface area (Å²) in [4.78, 5) is 2.49. The van der Waals surface area contributed by atoms with Crippen LogP contribution in [0.2, 0.25) is 5.02 Å². The van der Waals surface area contributed by atoms with Gasteiger partial charge in [-0.1, -0.05) is 35.0 Å². The minimum absolute atomic E-state index is 0.0407. The molecule has 1 N–H and O–H groups in total. The fraction of sp³-hybridized carbons (Fsp3) is 0.385. The summed E-state index contributed by atoms with van der Waals surface area (Å²) in [5, 5.41) is 12.4. The molecule has 2 aliphatic rings. The minimum atomic E-state index is -0.410. The summed E-state index contributed by atoms with van der Waals surface area (Å²) in [5.74, 6) is -0.410. The molecule has 1 aromatic heterocycles. The first kappa shape index (κ1) is 22.1. The molecule has 172 valence electrons. The third-order valence-corrected chi connectivity index (χ3v) is 7.11. The first-order chi connectivity index (χ1) is 15.9. The maximum absolute atomic E-state index is 13.7. The van der Waals surface area contributed by atoms with E-state index in [-0.39, 0.29) is 11.1 Å². The number of nitrogens with one attached hydrogen (secondary N) is 1. The van der Waals surface area contributed by atoms with E-state index in [4.69, 9.17) is 11.6 Å². The van der Waals surface area contributed by atoms with Crippen molar-refractivity contribution in [3.63, 3.8) is 0 Å². The molecule has 5 nitrogen and oxygen atoms in total. The SMILES string of the molecule is Cc1nnn2c1-c1ccc(C3=CCN(C(C)C)CC3)cc1C(Nc1ccc(F)c(Cl)c1)CC2. The zero-order valence-electron chi connectivity index (χ0n) is 19.3. The van der Waals surface area contributed by atoms with Crippen LogP contribution in [0.15, 0.2) is 42.5 Å². The smallest absolute Gasteiger partial charge is 0.141 e. The Labute approximate surface area is 199 Å². The van der Waals surface area contributed by atoms with Crippen molar-refractivity contribution in [2.45, 2.75) is 52.2 Å². The average molecular weight is 466 g/mol. The van der Waals surface area contributed by atoms with E-state index in [1.807, 2.05) is 11.6 Å². The van der Waals surface area contributed by atoms with Gasteiger partial charge in [0.15, 0.2) is 0 Å². The number of nitrogens with zero attached hydrogens (tertiary/aromatic N) is 4. The van der Waals surface area contributed by atoms with Crippen LogP contribution in [0.3, 0.4) is 0 Å². The van der Waals surface area contributed by atoms with E-state index in [1.54, 1.807) is 12.1 Å². The number of fused-ring (bicyclic) bond motifs is 3. The fourth-order valence-electron chi connectivity index (χ4n) is 4.92. The Hall–Kier alpha value is -2.70.